The molecule has 1 unspecified atom stereocenters. The normalized spacial score (nSPS) is 18.5. The van der Waals surface area contributed by atoms with Crippen molar-refractivity contribution in [2.45, 2.75) is 18.1 Å². The summed E-state index contributed by atoms with van der Waals surface area (Å²) in [5, 5.41) is 3.41. The highest BCUT2D eigenvalue weighted by molar-refractivity contribution is 6.08. The SMILES string of the molecule is C=C(Nc1ccc(F)c(C(F)(F)F)c1)C1(N)CCN(c2ccc(C(N)=O)c3ncncc23)C1. The molecule has 1 aromatic heterocycles. The van der Waals surface area contributed by atoms with E-state index in [0.29, 0.717) is 35.6 Å². The molecule has 1 aliphatic rings. The van der Waals surface area contributed by atoms with E-state index in [0.717, 1.165) is 11.8 Å². The maximum absolute atomic E-state index is 13.6. The average Bonchev–Trinajstić information content (AvgIpc) is 3.16. The van der Waals surface area contributed by atoms with Crippen LogP contribution in [-0.2, 0) is 6.18 Å². The lowest BCUT2D eigenvalue weighted by Gasteiger charge is -2.29. The van der Waals surface area contributed by atoms with Crippen molar-refractivity contribution in [1.29, 1.82) is 0 Å². The smallest absolute Gasteiger partial charge is 0.369 e. The van der Waals surface area contributed by atoms with E-state index in [-0.39, 0.29) is 17.8 Å². The lowest BCUT2D eigenvalue weighted by molar-refractivity contribution is -0.139. The summed E-state index contributed by atoms with van der Waals surface area (Å²) in [6.45, 7) is 4.71. The van der Waals surface area contributed by atoms with E-state index in [1.54, 1.807) is 18.3 Å². The van der Waals surface area contributed by atoms with Crippen LogP contribution in [0, 0.1) is 5.82 Å². The Labute approximate surface area is 186 Å². The van der Waals surface area contributed by atoms with Crippen LogP contribution in [0.5, 0.6) is 0 Å². The van der Waals surface area contributed by atoms with Crippen LogP contribution in [0.3, 0.4) is 0 Å². The number of primary amides is 1. The van der Waals surface area contributed by atoms with Crippen molar-refractivity contribution in [1.82, 2.24) is 9.97 Å². The fourth-order valence-electron chi connectivity index (χ4n) is 3.94. The molecule has 1 atom stereocenters. The minimum absolute atomic E-state index is 0.0293. The molecule has 1 saturated heterocycles. The summed E-state index contributed by atoms with van der Waals surface area (Å²) < 4.78 is 52.7. The highest BCUT2D eigenvalue weighted by Crippen LogP contribution is 2.36. The second-order valence-electron chi connectivity index (χ2n) is 7.91. The van der Waals surface area contributed by atoms with E-state index in [9.17, 15) is 22.4 Å². The Morgan fingerprint density at radius 3 is 2.70 bits per heavy atom. The van der Waals surface area contributed by atoms with Crippen LogP contribution in [0.4, 0.5) is 28.9 Å². The summed E-state index contributed by atoms with van der Waals surface area (Å²) in [6, 6.07) is 5.93. The standard InChI is InChI=1S/C22H20F4N6O/c1-12(31-13-2-4-17(23)16(8-13)22(24,25)26)21(28)6-7-32(10-21)18-5-3-14(20(27)33)19-15(18)9-29-11-30-19/h2-5,8-9,11,31H,1,6-7,10,28H2,(H2,27,33). The zero-order chi connectivity index (χ0) is 24.0. The molecule has 11 heteroatoms. The third-order valence-electron chi connectivity index (χ3n) is 5.73. The quantitative estimate of drug-likeness (QED) is 0.504. The van der Waals surface area contributed by atoms with Crippen LogP contribution in [0.2, 0.25) is 0 Å². The number of benzene rings is 2. The van der Waals surface area contributed by atoms with Gasteiger partial charge in [-0.25, -0.2) is 14.4 Å². The third-order valence-corrected chi connectivity index (χ3v) is 5.73. The van der Waals surface area contributed by atoms with Gasteiger partial charge in [-0.05, 0) is 36.8 Å². The van der Waals surface area contributed by atoms with Gasteiger partial charge >= 0.3 is 6.18 Å². The molecule has 1 aliphatic heterocycles. The maximum Gasteiger partial charge on any atom is 0.419 e. The molecule has 33 heavy (non-hydrogen) atoms. The lowest BCUT2D eigenvalue weighted by atomic mass is 9.96. The number of rotatable bonds is 5. The molecule has 0 spiro atoms. The van der Waals surface area contributed by atoms with Crippen molar-refractivity contribution >= 4 is 28.2 Å². The first-order chi connectivity index (χ1) is 15.5. The second-order valence-corrected chi connectivity index (χ2v) is 7.91. The number of aromatic nitrogens is 2. The monoisotopic (exact) mass is 460 g/mol. The van der Waals surface area contributed by atoms with E-state index < -0.39 is 29.0 Å². The molecule has 0 saturated carbocycles. The topological polar surface area (TPSA) is 110 Å². The maximum atomic E-state index is 13.6. The Hall–Kier alpha value is -3.73. The van der Waals surface area contributed by atoms with Gasteiger partial charge in [-0.15, -0.1) is 0 Å². The Balaban J connectivity index is 1.58. The number of nitrogens with one attached hydrogen (secondary N) is 1. The molecule has 0 radical (unpaired) electrons. The Morgan fingerprint density at radius 1 is 1.24 bits per heavy atom. The summed E-state index contributed by atoms with van der Waals surface area (Å²) in [6.07, 6.45) is -1.49. The summed E-state index contributed by atoms with van der Waals surface area (Å²) in [5.74, 6) is -1.98. The van der Waals surface area contributed by atoms with Gasteiger partial charge in [0.1, 0.15) is 12.1 Å². The molecule has 0 aliphatic carbocycles. The van der Waals surface area contributed by atoms with E-state index in [2.05, 4.69) is 21.9 Å². The van der Waals surface area contributed by atoms with Crippen molar-refractivity contribution in [3.63, 3.8) is 0 Å². The number of amides is 1. The summed E-state index contributed by atoms with van der Waals surface area (Å²) in [5.41, 5.74) is 11.3. The summed E-state index contributed by atoms with van der Waals surface area (Å²) in [7, 11) is 0. The molecule has 172 valence electrons. The zero-order valence-corrected chi connectivity index (χ0v) is 17.3. The molecule has 2 aromatic carbocycles. The number of hydrogen-bond donors (Lipinski definition) is 3. The summed E-state index contributed by atoms with van der Waals surface area (Å²) >= 11 is 0. The fraction of sp³-hybridized carbons (Fsp3) is 0.227. The first-order valence-corrected chi connectivity index (χ1v) is 9.89. The Kier molecular flexibility index (Phi) is 5.44. The minimum atomic E-state index is -4.83. The highest BCUT2D eigenvalue weighted by Gasteiger charge is 2.39. The van der Waals surface area contributed by atoms with Gasteiger partial charge in [0.05, 0.1) is 22.2 Å². The van der Waals surface area contributed by atoms with Crippen LogP contribution in [0.15, 0.2) is 55.1 Å². The fourth-order valence-corrected chi connectivity index (χ4v) is 3.94. The van der Waals surface area contributed by atoms with Crippen molar-refractivity contribution in [2.24, 2.45) is 11.5 Å². The van der Waals surface area contributed by atoms with Gasteiger partial charge in [-0.2, -0.15) is 13.2 Å². The molecule has 5 N–H and O–H groups in total. The molecular formula is C22H20F4N6O. The van der Waals surface area contributed by atoms with Gasteiger partial charge in [0, 0.05) is 41.7 Å². The first-order valence-electron chi connectivity index (χ1n) is 9.89. The number of halogens is 4. The number of nitrogens with zero attached hydrogens (tertiary/aromatic N) is 3. The van der Waals surface area contributed by atoms with Crippen LogP contribution in [-0.4, -0.2) is 34.5 Å². The largest absolute Gasteiger partial charge is 0.419 e. The van der Waals surface area contributed by atoms with Crippen LogP contribution in [0.1, 0.15) is 22.3 Å². The number of carbonyl (C=O) groups excluding carboxylic acids is 1. The number of anilines is 2. The van der Waals surface area contributed by atoms with Crippen molar-refractivity contribution in [3.05, 3.63) is 72.1 Å². The summed E-state index contributed by atoms with van der Waals surface area (Å²) in [4.78, 5) is 21.9. The minimum Gasteiger partial charge on any atom is -0.369 e. The molecule has 0 bridgehead atoms. The molecular weight excluding hydrogens is 440 g/mol. The predicted molar refractivity (Wildman–Crippen MR) is 116 cm³/mol. The van der Waals surface area contributed by atoms with Gasteiger partial charge in [0.2, 0.25) is 0 Å². The lowest BCUT2D eigenvalue weighted by Crippen LogP contribution is -2.46. The van der Waals surface area contributed by atoms with Crippen LogP contribution < -0.4 is 21.7 Å². The Morgan fingerprint density at radius 2 is 2.00 bits per heavy atom. The van der Waals surface area contributed by atoms with E-state index in [1.165, 1.54) is 12.4 Å². The van der Waals surface area contributed by atoms with Crippen molar-refractivity contribution in [3.8, 4) is 0 Å². The van der Waals surface area contributed by atoms with Crippen LogP contribution >= 0.6 is 0 Å². The van der Waals surface area contributed by atoms with E-state index in [4.69, 9.17) is 11.5 Å². The second kappa shape index (κ2) is 8.00. The molecule has 1 fully saturated rings. The average molecular weight is 460 g/mol. The van der Waals surface area contributed by atoms with Gasteiger partial charge in [-0.3, -0.25) is 4.79 Å². The third kappa shape index (κ3) is 4.19. The number of hydrogen-bond acceptors (Lipinski definition) is 6. The molecule has 3 aromatic rings. The highest BCUT2D eigenvalue weighted by atomic mass is 19.4. The molecule has 7 nitrogen and oxygen atoms in total. The van der Waals surface area contributed by atoms with E-state index in [1.807, 2.05) is 4.90 Å². The molecule has 2 heterocycles. The Bertz CT molecular complexity index is 1260. The van der Waals surface area contributed by atoms with Crippen LogP contribution in [0.25, 0.3) is 10.9 Å². The van der Waals surface area contributed by atoms with Gasteiger partial charge < -0.3 is 21.7 Å². The first kappa shape index (κ1) is 22.5. The van der Waals surface area contributed by atoms with Gasteiger partial charge in [0.15, 0.2) is 0 Å². The molecule has 1 amide bonds. The number of carbonyl (C=O) groups is 1. The predicted octanol–water partition coefficient (Wildman–Crippen LogP) is 3.42. The van der Waals surface area contributed by atoms with E-state index >= 15 is 0 Å². The number of nitrogens with two attached hydrogens (primary N) is 2. The zero-order valence-electron chi connectivity index (χ0n) is 17.3. The van der Waals surface area contributed by atoms with Gasteiger partial charge in [-0.1, -0.05) is 6.58 Å². The van der Waals surface area contributed by atoms with Crippen molar-refractivity contribution in [2.75, 3.05) is 23.3 Å². The van der Waals surface area contributed by atoms with Crippen molar-refractivity contribution < 1.29 is 22.4 Å². The molecule has 4 rings (SSSR count). The number of alkyl halides is 3. The van der Waals surface area contributed by atoms with Gasteiger partial charge in [0.25, 0.3) is 5.91 Å². The number of fused-ring (bicyclic) bond motifs is 1.